The van der Waals surface area contributed by atoms with Crippen LogP contribution in [0.25, 0.3) is 5.95 Å². The van der Waals surface area contributed by atoms with Crippen LogP contribution < -0.4 is 5.32 Å². The maximum atomic E-state index is 5.92. The lowest BCUT2D eigenvalue weighted by atomic mass is 10.1. The Labute approximate surface area is 126 Å². The van der Waals surface area contributed by atoms with Gasteiger partial charge in [0.2, 0.25) is 11.2 Å². The molecule has 0 fully saturated rings. The molecule has 0 spiro atoms. The first-order chi connectivity index (χ1) is 10.2. The average molecular weight is 302 g/mol. The molecule has 2 aromatic heterocycles. The number of hydrogen-bond donors (Lipinski definition) is 1. The van der Waals surface area contributed by atoms with E-state index in [4.69, 9.17) is 11.6 Å². The van der Waals surface area contributed by atoms with Crippen molar-refractivity contribution in [1.82, 2.24) is 29.7 Å². The van der Waals surface area contributed by atoms with Crippen molar-refractivity contribution >= 4 is 17.5 Å². The van der Waals surface area contributed by atoms with Crippen molar-refractivity contribution in [3.63, 3.8) is 0 Å². The van der Waals surface area contributed by atoms with Crippen molar-refractivity contribution < 1.29 is 0 Å². The normalized spacial score (nSPS) is 10.6. The Morgan fingerprint density at radius 3 is 2.81 bits per heavy atom. The predicted molar refractivity (Wildman–Crippen MR) is 78.3 cm³/mol. The fourth-order valence-electron chi connectivity index (χ4n) is 1.82. The van der Waals surface area contributed by atoms with Gasteiger partial charge in [-0.2, -0.15) is 24.7 Å². The summed E-state index contributed by atoms with van der Waals surface area (Å²) in [5, 5.41) is 7.20. The van der Waals surface area contributed by atoms with Gasteiger partial charge < -0.3 is 5.32 Å². The molecule has 0 atom stereocenters. The summed E-state index contributed by atoms with van der Waals surface area (Å²) in [6, 6.07) is 8.09. The Morgan fingerprint density at radius 2 is 2.05 bits per heavy atom. The lowest BCUT2D eigenvalue weighted by Crippen LogP contribution is -2.09. The lowest BCUT2D eigenvalue weighted by Gasteiger charge is -2.08. The van der Waals surface area contributed by atoms with Crippen molar-refractivity contribution in [2.24, 2.45) is 0 Å². The van der Waals surface area contributed by atoms with Gasteiger partial charge in [-0.25, -0.2) is 4.98 Å². The molecule has 0 aliphatic rings. The molecule has 0 bridgehead atoms. The topological polar surface area (TPSA) is 81.4 Å². The molecule has 8 heteroatoms. The number of aromatic nitrogens is 6. The minimum absolute atomic E-state index is 0.0998. The number of nitrogens with one attached hydrogen (secondary N) is 1. The van der Waals surface area contributed by atoms with Crippen LogP contribution in [0.2, 0.25) is 5.28 Å². The molecule has 0 saturated heterocycles. The highest BCUT2D eigenvalue weighted by Gasteiger charge is 2.07. The molecule has 0 radical (unpaired) electrons. The van der Waals surface area contributed by atoms with Gasteiger partial charge in [0.25, 0.3) is 5.95 Å². The Morgan fingerprint density at radius 1 is 1.19 bits per heavy atom. The Hall–Kier alpha value is -2.54. The summed E-state index contributed by atoms with van der Waals surface area (Å²) in [6.07, 6.45) is 2.90. The quantitative estimate of drug-likeness (QED) is 0.794. The van der Waals surface area contributed by atoms with E-state index in [1.807, 2.05) is 18.2 Å². The van der Waals surface area contributed by atoms with Crippen molar-refractivity contribution in [1.29, 1.82) is 0 Å². The van der Waals surface area contributed by atoms with Crippen LogP contribution >= 0.6 is 11.6 Å². The Kier molecular flexibility index (Phi) is 3.74. The number of benzene rings is 1. The molecule has 2 heterocycles. The Bertz CT molecular complexity index is 742. The molecule has 0 aliphatic carbocycles. The molecule has 106 valence electrons. The predicted octanol–water partition coefficient (Wildman–Crippen LogP) is 2.03. The van der Waals surface area contributed by atoms with E-state index in [1.165, 1.54) is 22.9 Å². The van der Waals surface area contributed by atoms with E-state index in [9.17, 15) is 0 Å². The molecule has 3 aromatic rings. The van der Waals surface area contributed by atoms with E-state index in [1.54, 1.807) is 0 Å². The molecule has 1 aromatic carbocycles. The van der Waals surface area contributed by atoms with Crippen LogP contribution in [0.5, 0.6) is 0 Å². The minimum atomic E-state index is 0.0998. The van der Waals surface area contributed by atoms with Gasteiger partial charge in [-0.1, -0.05) is 24.3 Å². The average Bonchev–Trinajstić information content (AvgIpc) is 3.00. The number of rotatable bonds is 4. The monoisotopic (exact) mass is 301 g/mol. The molecule has 7 nitrogen and oxygen atoms in total. The van der Waals surface area contributed by atoms with Gasteiger partial charge in [0.15, 0.2) is 0 Å². The van der Waals surface area contributed by atoms with Crippen molar-refractivity contribution in [3.05, 3.63) is 53.3 Å². The summed E-state index contributed by atoms with van der Waals surface area (Å²) in [4.78, 5) is 16.2. The third-order valence-electron chi connectivity index (χ3n) is 2.92. The van der Waals surface area contributed by atoms with E-state index in [2.05, 4.69) is 43.3 Å². The highest BCUT2D eigenvalue weighted by Crippen LogP contribution is 2.12. The van der Waals surface area contributed by atoms with Gasteiger partial charge in [-0.05, 0) is 29.7 Å². The van der Waals surface area contributed by atoms with Crippen LogP contribution in [0.1, 0.15) is 11.1 Å². The minimum Gasteiger partial charge on any atom is -0.350 e. The summed E-state index contributed by atoms with van der Waals surface area (Å²) in [6.45, 7) is 2.65. The second kappa shape index (κ2) is 5.84. The summed E-state index contributed by atoms with van der Waals surface area (Å²) < 4.78 is 1.42. The molecule has 0 amide bonds. The molecule has 0 saturated carbocycles. The molecule has 21 heavy (non-hydrogen) atoms. The van der Waals surface area contributed by atoms with Crippen LogP contribution in [-0.4, -0.2) is 29.7 Å². The van der Waals surface area contributed by atoms with Crippen LogP contribution in [0.3, 0.4) is 0 Å². The van der Waals surface area contributed by atoms with Gasteiger partial charge >= 0.3 is 0 Å². The van der Waals surface area contributed by atoms with E-state index in [-0.39, 0.29) is 5.28 Å². The van der Waals surface area contributed by atoms with E-state index >= 15 is 0 Å². The first-order valence-electron chi connectivity index (χ1n) is 6.27. The highest BCUT2D eigenvalue weighted by atomic mass is 35.5. The molecular formula is C13H12ClN7. The van der Waals surface area contributed by atoms with Crippen LogP contribution in [0, 0.1) is 6.92 Å². The van der Waals surface area contributed by atoms with Crippen molar-refractivity contribution in [3.8, 4) is 5.95 Å². The van der Waals surface area contributed by atoms with Crippen LogP contribution in [0.4, 0.5) is 5.95 Å². The van der Waals surface area contributed by atoms with Crippen molar-refractivity contribution in [2.75, 3.05) is 5.32 Å². The van der Waals surface area contributed by atoms with E-state index in [0.29, 0.717) is 18.4 Å². The van der Waals surface area contributed by atoms with Gasteiger partial charge in [-0.3, -0.25) is 0 Å². The van der Waals surface area contributed by atoms with Crippen LogP contribution in [-0.2, 0) is 6.54 Å². The maximum absolute atomic E-state index is 5.92. The SMILES string of the molecule is Cc1ccccc1CNc1nc(Cl)nc(-n2cncn2)n1. The third-order valence-corrected chi connectivity index (χ3v) is 3.09. The zero-order valence-electron chi connectivity index (χ0n) is 11.2. The fraction of sp³-hybridized carbons (Fsp3) is 0.154. The highest BCUT2D eigenvalue weighted by molar-refractivity contribution is 6.28. The lowest BCUT2D eigenvalue weighted by molar-refractivity contribution is 0.793. The third kappa shape index (κ3) is 3.14. The largest absolute Gasteiger partial charge is 0.350 e. The summed E-state index contributed by atoms with van der Waals surface area (Å²) in [5.41, 5.74) is 2.36. The maximum Gasteiger partial charge on any atom is 0.258 e. The number of anilines is 1. The molecule has 1 N–H and O–H groups in total. The van der Waals surface area contributed by atoms with E-state index in [0.717, 1.165) is 5.56 Å². The number of halogens is 1. The second-order valence-corrected chi connectivity index (χ2v) is 4.69. The molecule has 0 unspecified atom stereocenters. The fourth-order valence-corrected chi connectivity index (χ4v) is 1.97. The summed E-state index contributed by atoms with van der Waals surface area (Å²) >= 11 is 5.92. The van der Waals surface area contributed by atoms with Crippen molar-refractivity contribution in [2.45, 2.75) is 13.5 Å². The summed E-state index contributed by atoms with van der Waals surface area (Å²) in [7, 11) is 0. The molecule has 0 aliphatic heterocycles. The molecule has 3 rings (SSSR count). The van der Waals surface area contributed by atoms with Gasteiger partial charge in [0.1, 0.15) is 12.7 Å². The van der Waals surface area contributed by atoms with Gasteiger partial charge in [0.05, 0.1) is 0 Å². The van der Waals surface area contributed by atoms with Gasteiger partial charge in [-0.15, -0.1) is 0 Å². The molecular weight excluding hydrogens is 290 g/mol. The summed E-state index contributed by atoms with van der Waals surface area (Å²) in [5.74, 6) is 0.712. The number of hydrogen-bond acceptors (Lipinski definition) is 6. The van der Waals surface area contributed by atoms with E-state index < -0.39 is 0 Å². The zero-order chi connectivity index (χ0) is 14.7. The number of aryl methyl sites for hydroxylation is 1. The second-order valence-electron chi connectivity index (χ2n) is 4.35. The standard InChI is InChI=1S/C13H12ClN7/c1-9-4-2-3-5-10(9)6-16-12-18-11(14)19-13(20-12)21-8-15-7-17-21/h2-5,7-8H,6H2,1H3,(H,16,18,19,20). The number of nitrogens with zero attached hydrogens (tertiary/aromatic N) is 6. The first kappa shape index (κ1) is 13.4. The van der Waals surface area contributed by atoms with Gasteiger partial charge in [0, 0.05) is 6.54 Å². The smallest absolute Gasteiger partial charge is 0.258 e. The first-order valence-corrected chi connectivity index (χ1v) is 6.65. The zero-order valence-corrected chi connectivity index (χ0v) is 12.0. The van der Waals surface area contributed by atoms with Crippen LogP contribution in [0.15, 0.2) is 36.9 Å². The Balaban J connectivity index is 1.81.